The molecule has 2 rings (SSSR count). The Kier molecular flexibility index (Phi) is 5.99. The summed E-state index contributed by atoms with van der Waals surface area (Å²) in [5.74, 6) is -0.247. The number of hydrogen-bond donors (Lipinski definition) is 3. The van der Waals surface area contributed by atoms with E-state index in [0.717, 1.165) is 11.3 Å². The van der Waals surface area contributed by atoms with E-state index in [1.165, 1.54) is 24.0 Å². The average Bonchev–Trinajstić information content (AvgIpc) is 2.49. The van der Waals surface area contributed by atoms with Crippen LogP contribution in [0.15, 0.2) is 47.4 Å². The lowest BCUT2D eigenvalue weighted by atomic mass is 10.2. The van der Waals surface area contributed by atoms with Crippen molar-refractivity contribution in [1.29, 1.82) is 0 Å². The highest BCUT2D eigenvalue weighted by Crippen LogP contribution is 2.10. The third-order valence-corrected chi connectivity index (χ3v) is 3.79. The Morgan fingerprint density at radius 1 is 1.09 bits per heavy atom. The normalized spacial score (nSPS) is 10.1. The molecule has 0 saturated heterocycles. The SMILES string of the molecule is Cc1cccc(NC(=O)CSCC(=O)Nc2ccc[nH]c2=O)c1. The van der Waals surface area contributed by atoms with E-state index >= 15 is 0 Å². The number of carbonyl (C=O) groups excluding carboxylic acids is 2. The van der Waals surface area contributed by atoms with Crippen molar-refractivity contribution in [2.75, 3.05) is 22.1 Å². The maximum Gasteiger partial charge on any atom is 0.271 e. The number of carbonyl (C=O) groups is 2. The maximum absolute atomic E-state index is 11.8. The molecule has 0 spiro atoms. The zero-order valence-corrected chi connectivity index (χ0v) is 13.4. The zero-order valence-electron chi connectivity index (χ0n) is 12.6. The molecule has 0 saturated carbocycles. The van der Waals surface area contributed by atoms with E-state index in [4.69, 9.17) is 0 Å². The third-order valence-electron chi connectivity index (χ3n) is 2.86. The van der Waals surface area contributed by atoms with Gasteiger partial charge in [0.2, 0.25) is 11.8 Å². The molecule has 0 fully saturated rings. The van der Waals surface area contributed by atoms with Gasteiger partial charge >= 0.3 is 0 Å². The minimum atomic E-state index is -0.358. The summed E-state index contributed by atoms with van der Waals surface area (Å²) in [6.45, 7) is 1.94. The molecule has 1 heterocycles. The summed E-state index contributed by atoms with van der Waals surface area (Å²) in [6, 6.07) is 10.6. The van der Waals surface area contributed by atoms with Crippen molar-refractivity contribution in [3.8, 4) is 0 Å². The number of pyridine rings is 1. The van der Waals surface area contributed by atoms with Crippen LogP contribution in [0.4, 0.5) is 11.4 Å². The van der Waals surface area contributed by atoms with Gasteiger partial charge in [-0.05, 0) is 36.8 Å². The molecule has 7 heteroatoms. The summed E-state index contributed by atoms with van der Waals surface area (Å²) in [6.07, 6.45) is 1.49. The van der Waals surface area contributed by atoms with Gasteiger partial charge in [0.15, 0.2) is 0 Å². The lowest BCUT2D eigenvalue weighted by Gasteiger charge is -2.06. The molecule has 2 aromatic rings. The molecule has 1 aromatic heterocycles. The van der Waals surface area contributed by atoms with E-state index in [0.29, 0.717) is 0 Å². The summed E-state index contributed by atoms with van der Waals surface area (Å²) in [5.41, 5.74) is 1.63. The van der Waals surface area contributed by atoms with Crippen LogP contribution in [0.2, 0.25) is 0 Å². The van der Waals surface area contributed by atoms with Crippen LogP contribution >= 0.6 is 11.8 Å². The van der Waals surface area contributed by atoms with Gasteiger partial charge in [-0.2, -0.15) is 0 Å². The molecule has 0 aliphatic rings. The maximum atomic E-state index is 11.8. The predicted octanol–water partition coefficient (Wildman–Crippen LogP) is 1.99. The van der Waals surface area contributed by atoms with Crippen molar-refractivity contribution in [2.24, 2.45) is 0 Å². The molecule has 2 amide bonds. The minimum Gasteiger partial charge on any atom is -0.327 e. The summed E-state index contributed by atoms with van der Waals surface area (Å²) in [4.78, 5) is 37.4. The van der Waals surface area contributed by atoms with Crippen molar-refractivity contribution in [3.05, 3.63) is 58.5 Å². The molecule has 0 aliphatic carbocycles. The van der Waals surface area contributed by atoms with Crippen LogP contribution in [-0.4, -0.2) is 28.3 Å². The van der Waals surface area contributed by atoms with E-state index < -0.39 is 0 Å². The van der Waals surface area contributed by atoms with Crippen LogP contribution in [0.5, 0.6) is 0 Å². The average molecular weight is 331 g/mol. The Labute approximate surface area is 137 Å². The number of aromatic nitrogens is 1. The smallest absolute Gasteiger partial charge is 0.271 e. The number of nitrogens with one attached hydrogen (secondary N) is 3. The second-order valence-electron chi connectivity index (χ2n) is 4.87. The van der Waals surface area contributed by atoms with Crippen LogP contribution in [0.25, 0.3) is 0 Å². The largest absolute Gasteiger partial charge is 0.327 e. The molecule has 120 valence electrons. The van der Waals surface area contributed by atoms with Gasteiger partial charge in [-0.15, -0.1) is 11.8 Å². The van der Waals surface area contributed by atoms with Crippen LogP contribution in [0, 0.1) is 6.92 Å². The fourth-order valence-corrected chi connectivity index (χ4v) is 2.48. The van der Waals surface area contributed by atoms with Crippen molar-refractivity contribution in [3.63, 3.8) is 0 Å². The highest BCUT2D eigenvalue weighted by atomic mass is 32.2. The minimum absolute atomic E-state index is 0.0928. The molecule has 0 unspecified atom stereocenters. The molecular formula is C16H17N3O3S. The topological polar surface area (TPSA) is 91.1 Å². The molecule has 1 aromatic carbocycles. The first-order valence-corrected chi connectivity index (χ1v) is 8.12. The van der Waals surface area contributed by atoms with Crippen molar-refractivity contribution in [1.82, 2.24) is 4.98 Å². The molecule has 23 heavy (non-hydrogen) atoms. The Morgan fingerprint density at radius 3 is 2.52 bits per heavy atom. The lowest BCUT2D eigenvalue weighted by molar-refractivity contribution is -0.114. The van der Waals surface area contributed by atoms with Crippen molar-refractivity contribution < 1.29 is 9.59 Å². The Hall–Kier alpha value is -2.54. The molecular weight excluding hydrogens is 314 g/mol. The first-order chi connectivity index (χ1) is 11.0. The van der Waals surface area contributed by atoms with E-state index in [2.05, 4.69) is 15.6 Å². The first kappa shape index (κ1) is 16.8. The number of anilines is 2. The number of rotatable bonds is 6. The van der Waals surface area contributed by atoms with Gasteiger partial charge in [0.1, 0.15) is 5.69 Å². The summed E-state index contributed by atoms with van der Waals surface area (Å²) in [5, 5.41) is 5.27. The summed E-state index contributed by atoms with van der Waals surface area (Å²) in [7, 11) is 0. The fourth-order valence-electron chi connectivity index (χ4n) is 1.86. The summed E-state index contributed by atoms with van der Waals surface area (Å²) >= 11 is 1.18. The second kappa shape index (κ2) is 8.19. The number of aryl methyl sites for hydroxylation is 1. The Bertz CT molecular complexity index is 758. The number of amides is 2. The van der Waals surface area contributed by atoms with Crippen molar-refractivity contribution in [2.45, 2.75) is 6.92 Å². The van der Waals surface area contributed by atoms with E-state index in [1.54, 1.807) is 6.07 Å². The van der Waals surface area contributed by atoms with Gasteiger partial charge < -0.3 is 15.6 Å². The monoisotopic (exact) mass is 331 g/mol. The van der Waals surface area contributed by atoms with Gasteiger partial charge in [-0.25, -0.2) is 0 Å². The third kappa shape index (κ3) is 5.63. The van der Waals surface area contributed by atoms with Gasteiger partial charge in [-0.1, -0.05) is 12.1 Å². The molecule has 3 N–H and O–H groups in total. The van der Waals surface area contributed by atoms with E-state index in [9.17, 15) is 14.4 Å². The molecule has 0 bridgehead atoms. The van der Waals surface area contributed by atoms with Crippen LogP contribution in [-0.2, 0) is 9.59 Å². The highest BCUT2D eigenvalue weighted by molar-refractivity contribution is 8.00. The van der Waals surface area contributed by atoms with Crippen LogP contribution < -0.4 is 16.2 Å². The first-order valence-electron chi connectivity index (χ1n) is 6.96. The Morgan fingerprint density at radius 2 is 1.83 bits per heavy atom. The van der Waals surface area contributed by atoms with Crippen LogP contribution in [0.3, 0.4) is 0 Å². The quantitative estimate of drug-likeness (QED) is 0.755. The molecule has 6 nitrogen and oxygen atoms in total. The van der Waals surface area contributed by atoms with E-state index in [1.807, 2.05) is 31.2 Å². The zero-order chi connectivity index (χ0) is 16.7. The van der Waals surface area contributed by atoms with Gasteiger partial charge in [0, 0.05) is 11.9 Å². The molecule has 0 aliphatic heterocycles. The van der Waals surface area contributed by atoms with Gasteiger partial charge in [0.25, 0.3) is 5.56 Å². The summed E-state index contributed by atoms with van der Waals surface area (Å²) < 4.78 is 0. The predicted molar refractivity (Wildman–Crippen MR) is 92.8 cm³/mol. The van der Waals surface area contributed by atoms with E-state index in [-0.39, 0.29) is 34.6 Å². The molecule has 0 radical (unpaired) electrons. The standard InChI is InChI=1S/C16H17N3O3S/c1-11-4-2-5-12(8-11)18-14(20)9-23-10-15(21)19-13-6-3-7-17-16(13)22/h2-8H,9-10H2,1H3,(H,17,22)(H,18,20)(H,19,21). The molecule has 0 atom stereocenters. The number of hydrogen-bond acceptors (Lipinski definition) is 4. The number of thioether (sulfide) groups is 1. The van der Waals surface area contributed by atoms with Crippen LogP contribution in [0.1, 0.15) is 5.56 Å². The van der Waals surface area contributed by atoms with Gasteiger partial charge in [0.05, 0.1) is 11.5 Å². The number of aromatic amines is 1. The second-order valence-corrected chi connectivity index (χ2v) is 5.86. The van der Waals surface area contributed by atoms with Gasteiger partial charge in [-0.3, -0.25) is 14.4 Å². The van der Waals surface area contributed by atoms with Crippen molar-refractivity contribution >= 4 is 35.0 Å². The highest BCUT2D eigenvalue weighted by Gasteiger charge is 2.08. The number of H-pyrrole nitrogens is 1. The fraction of sp³-hybridized carbons (Fsp3) is 0.188. The lowest BCUT2D eigenvalue weighted by Crippen LogP contribution is -2.22. The Balaban J connectivity index is 1.74. The number of benzene rings is 1.